The number of halogens is 1. The van der Waals surface area contributed by atoms with Gasteiger partial charge in [-0.1, -0.05) is 82.7 Å². The van der Waals surface area contributed by atoms with Crippen LogP contribution in [0.2, 0.25) is 0 Å². The minimum atomic E-state index is 0.707. The summed E-state index contributed by atoms with van der Waals surface area (Å²) in [6.45, 7) is 0. The Bertz CT molecular complexity index is 2040. The summed E-state index contributed by atoms with van der Waals surface area (Å²) in [7, 11) is 0. The van der Waals surface area contributed by atoms with Gasteiger partial charge in [-0.25, -0.2) is 0 Å². The second-order valence-electron chi connectivity index (χ2n) is 9.51. The quantitative estimate of drug-likeness (QED) is 0.212. The summed E-state index contributed by atoms with van der Waals surface area (Å²) >= 11 is 3.51. The van der Waals surface area contributed by atoms with E-state index in [0.29, 0.717) is 23.0 Å². The molecule has 2 heterocycles. The van der Waals surface area contributed by atoms with Gasteiger partial charge < -0.3 is 14.0 Å². The first-order valence-electron chi connectivity index (χ1n) is 12.5. The SMILES string of the molecule is Brc1ccc2c(c1)Oc1ccc(-c3cc4c(c5ccccc35)c3ccccc3n4-c3ccccc3)cc1O2. The Hall–Kier alpha value is -4.54. The van der Waals surface area contributed by atoms with E-state index in [4.69, 9.17) is 9.47 Å². The lowest BCUT2D eigenvalue weighted by Gasteiger charge is -2.21. The van der Waals surface area contributed by atoms with Crippen molar-refractivity contribution in [1.29, 1.82) is 0 Å². The van der Waals surface area contributed by atoms with Gasteiger partial charge in [0.1, 0.15) is 0 Å². The van der Waals surface area contributed by atoms with Gasteiger partial charge in [0.25, 0.3) is 0 Å². The Morgan fingerprint density at radius 1 is 0.500 bits per heavy atom. The average molecular weight is 554 g/mol. The molecule has 8 rings (SSSR count). The second-order valence-corrected chi connectivity index (χ2v) is 10.4. The summed E-state index contributed by atoms with van der Waals surface area (Å²) in [5.41, 5.74) is 5.75. The van der Waals surface area contributed by atoms with Crippen LogP contribution in [-0.2, 0) is 0 Å². The van der Waals surface area contributed by atoms with Gasteiger partial charge in [0, 0.05) is 20.9 Å². The highest BCUT2D eigenvalue weighted by atomic mass is 79.9. The number of fused-ring (bicyclic) bond motifs is 7. The van der Waals surface area contributed by atoms with Crippen LogP contribution in [0.5, 0.6) is 23.0 Å². The summed E-state index contributed by atoms with van der Waals surface area (Å²) in [4.78, 5) is 0. The zero-order valence-electron chi connectivity index (χ0n) is 20.2. The smallest absolute Gasteiger partial charge is 0.171 e. The van der Waals surface area contributed by atoms with Crippen LogP contribution < -0.4 is 9.47 Å². The van der Waals surface area contributed by atoms with E-state index in [1.807, 2.05) is 24.3 Å². The third kappa shape index (κ3) is 3.20. The molecule has 0 spiro atoms. The maximum absolute atomic E-state index is 6.28. The van der Waals surface area contributed by atoms with Crippen molar-refractivity contribution in [3.05, 3.63) is 126 Å². The van der Waals surface area contributed by atoms with E-state index in [1.165, 1.54) is 32.6 Å². The first kappa shape index (κ1) is 21.5. The molecular weight excluding hydrogens is 534 g/mol. The van der Waals surface area contributed by atoms with Crippen molar-refractivity contribution in [2.45, 2.75) is 0 Å². The number of rotatable bonds is 2. The molecule has 0 amide bonds. The fourth-order valence-electron chi connectivity index (χ4n) is 5.65. The van der Waals surface area contributed by atoms with E-state index in [1.54, 1.807) is 0 Å². The highest BCUT2D eigenvalue weighted by molar-refractivity contribution is 9.10. The number of hydrogen-bond acceptors (Lipinski definition) is 2. The van der Waals surface area contributed by atoms with Gasteiger partial charge >= 0.3 is 0 Å². The molecule has 3 nitrogen and oxygen atoms in total. The molecule has 0 unspecified atom stereocenters. The Morgan fingerprint density at radius 2 is 1.16 bits per heavy atom. The molecule has 1 aromatic heterocycles. The molecular formula is C34H20BrNO2. The van der Waals surface area contributed by atoms with E-state index < -0.39 is 0 Å². The van der Waals surface area contributed by atoms with Crippen LogP contribution in [0, 0.1) is 0 Å². The normalized spacial score (nSPS) is 12.2. The second kappa shape index (κ2) is 8.23. The van der Waals surface area contributed by atoms with Gasteiger partial charge in [-0.3, -0.25) is 0 Å². The number of nitrogens with zero attached hydrogens (tertiary/aromatic N) is 1. The topological polar surface area (TPSA) is 23.4 Å². The zero-order valence-corrected chi connectivity index (χ0v) is 21.8. The summed E-state index contributed by atoms with van der Waals surface area (Å²) in [5, 5.41) is 4.95. The van der Waals surface area contributed by atoms with Crippen LogP contribution >= 0.6 is 15.9 Å². The Balaban J connectivity index is 1.41. The van der Waals surface area contributed by atoms with Crippen molar-refractivity contribution in [1.82, 2.24) is 4.57 Å². The van der Waals surface area contributed by atoms with Crippen molar-refractivity contribution in [3.63, 3.8) is 0 Å². The molecule has 38 heavy (non-hydrogen) atoms. The Morgan fingerprint density at radius 3 is 1.97 bits per heavy atom. The van der Waals surface area contributed by atoms with Crippen LogP contribution in [0.15, 0.2) is 126 Å². The van der Waals surface area contributed by atoms with E-state index in [2.05, 4.69) is 118 Å². The van der Waals surface area contributed by atoms with Gasteiger partial charge in [-0.05, 0) is 76.5 Å². The lowest BCUT2D eigenvalue weighted by molar-refractivity contribution is 0.359. The Kier molecular flexibility index (Phi) is 4.67. The number of aromatic nitrogens is 1. The predicted octanol–water partition coefficient (Wildman–Crippen LogP) is 10.3. The van der Waals surface area contributed by atoms with E-state index in [9.17, 15) is 0 Å². The summed E-state index contributed by atoms with van der Waals surface area (Å²) < 4.78 is 15.8. The van der Waals surface area contributed by atoms with Crippen molar-refractivity contribution in [2.75, 3.05) is 0 Å². The molecule has 0 fully saturated rings. The first-order valence-corrected chi connectivity index (χ1v) is 13.3. The molecule has 1 aliphatic rings. The molecule has 0 saturated carbocycles. The minimum Gasteiger partial charge on any atom is -0.449 e. The molecule has 0 N–H and O–H groups in total. The molecule has 0 radical (unpaired) electrons. The molecule has 1 aliphatic heterocycles. The van der Waals surface area contributed by atoms with E-state index >= 15 is 0 Å². The Labute approximate surface area is 227 Å². The lowest BCUT2D eigenvalue weighted by Crippen LogP contribution is -1.99. The van der Waals surface area contributed by atoms with Crippen LogP contribution in [0.25, 0.3) is 49.4 Å². The fraction of sp³-hybridized carbons (Fsp3) is 0. The standard InChI is InChI=1S/C34H20BrNO2/c35-22-15-17-31-33(19-22)38-30-16-14-21(18-32(30)37-31)27-20-29-34(25-11-5-4-10-24(25)27)26-12-6-7-13-28(26)36(29)23-8-2-1-3-9-23/h1-20H. The number of hydrogen-bond donors (Lipinski definition) is 0. The van der Waals surface area contributed by atoms with Crippen molar-refractivity contribution >= 4 is 48.5 Å². The van der Waals surface area contributed by atoms with Crippen molar-refractivity contribution < 1.29 is 9.47 Å². The van der Waals surface area contributed by atoms with Crippen LogP contribution in [-0.4, -0.2) is 4.57 Å². The number of para-hydroxylation sites is 2. The van der Waals surface area contributed by atoms with Gasteiger partial charge in [0.05, 0.1) is 11.0 Å². The largest absolute Gasteiger partial charge is 0.449 e. The lowest BCUT2D eigenvalue weighted by atomic mass is 9.94. The van der Waals surface area contributed by atoms with Crippen LogP contribution in [0.4, 0.5) is 0 Å². The molecule has 7 aromatic rings. The molecule has 0 saturated heterocycles. The third-order valence-electron chi connectivity index (χ3n) is 7.29. The minimum absolute atomic E-state index is 0.707. The number of benzene rings is 6. The van der Waals surface area contributed by atoms with Crippen molar-refractivity contribution in [3.8, 4) is 39.8 Å². The molecule has 4 heteroatoms. The molecule has 0 aliphatic carbocycles. The van der Waals surface area contributed by atoms with Gasteiger partial charge in [-0.2, -0.15) is 0 Å². The van der Waals surface area contributed by atoms with E-state index in [-0.39, 0.29) is 0 Å². The van der Waals surface area contributed by atoms with Crippen LogP contribution in [0.1, 0.15) is 0 Å². The molecule has 0 atom stereocenters. The highest BCUT2D eigenvalue weighted by Crippen LogP contribution is 2.48. The maximum Gasteiger partial charge on any atom is 0.171 e. The number of ether oxygens (including phenoxy) is 2. The summed E-state index contributed by atoms with van der Waals surface area (Å²) in [6, 6.07) is 42.3. The maximum atomic E-state index is 6.28. The summed E-state index contributed by atoms with van der Waals surface area (Å²) in [5.74, 6) is 2.84. The van der Waals surface area contributed by atoms with Gasteiger partial charge in [-0.15, -0.1) is 0 Å². The molecule has 180 valence electrons. The third-order valence-corrected chi connectivity index (χ3v) is 7.79. The summed E-state index contributed by atoms with van der Waals surface area (Å²) in [6.07, 6.45) is 0. The highest BCUT2D eigenvalue weighted by Gasteiger charge is 2.22. The predicted molar refractivity (Wildman–Crippen MR) is 158 cm³/mol. The van der Waals surface area contributed by atoms with Crippen LogP contribution in [0.3, 0.4) is 0 Å². The van der Waals surface area contributed by atoms with Gasteiger partial charge in [0.2, 0.25) is 0 Å². The fourth-order valence-corrected chi connectivity index (χ4v) is 5.99. The van der Waals surface area contributed by atoms with Crippen molar-refractivity contribution in [2.24, 2.45) is 0 Å². The van der Waals surface area contributed by atoms with E-state index in [0.717, 1.165) is 21.3 Å². The molecule has 0 bridgehead atoms. The average Bonchev–Trinajstić information content (AvgIpc) is 3.30. The zero-order chi connectivity index (χ0) is 25.2. The first-order chi connectivity index (χ1) is 18.7. The van der Waals surface area contributed by atoms with Gasteiger partial charge in [0.15, 0.2) is 23.0 Å². The monoisotopic (exact) mass is 553 g/mol. The molecule has 6 aromatic carbocycles.